The third-order valence-electron chi connectivity index (χ3n) is 2.19. The number of thiophene rings is 1. The molecule has 1 aromatic heterocycles. The number of hydrogen-bond acceptors (Lipinski definition) is 5. The predicted octanol–water partition coefficient (Wildman–Crippen LogP) is 1.25. The van der Waals surface area contributed by atoms with E-state index in [1.165, 1.54) is 11.3 Å². The van der Waals surface area contributed by atoms with Gasteiger partial charge in [0, 0.05) is 0 Å². The van der Waals surface area contributed by atoms with Crippen molar-refractivity contribution in [2.24, 2.45) is 5.73 Å². The summed E-state index contributed by atoms with van der Waals surface area (Å²) < 4.78 is 5.19. The number of ether oxygens (including phenoxy) is 1. The molecule has 4 nitrogen and oxygen atoms in total. The second-order valence-electron chi connectivity index (χ2n) is 3.15. The van der Waals surface area contributed by atoms with Gasteiger partial charge in [0.2, 0.25) is 17.2 Å². The highest BCUT2D eigenvalue weighted by Crippen LogP contribution is 2.38. The van der Waals surface area contributed by atoms with Gasteiger partial charge in [-0.2, -0.15) is 0 Å². The maximum atomic E-state index is 11.6. The Hall–Kier alpha value is -1.49. The molecule has 74 valence electrons. The molecule has 1 aliphatic rings. The zero-order valence-electron chi connectivity index (χ0n) is 7.48. The molecule has 0 fully saturated rings. The highest BCUT2D eigenvalue weighted by atomic mass is 32.1. The summed E-state index contributed by atoms with van der Waals surface area (Å²) in [5.74, 6) is -1.18. The average Bonchev–Trinajstić information content (AvgIpc) is 2.73. The van der Waals surface area contributed by atoms with E-state index < -0.39 is 17.1 Å². The van der Waals surface area contributed by atoms with Crippen molar-refractivity contribution >= 4 is 17.1 Å². The maximum absolute atomic E-state index is 11.6. The highest BCUT2D eigenvalue weighted by molar-refractivity contribution is 7.10. The minimum absolute atomic E-state index is 0.203. The third kappa shape index (κ3) is 1.02. The molecule has 5 heteroatoms. The van der Waals surface area contributed by atoms with Crippen molar-refractivity contribution < 1.29 is 14.6 Å². The van der Waals surface area contributed by atoms with Crippen molar-refractivity contribution in [3.05, 3.63) is 34.0 Å². The lowest BCUT2D eigenvalue weighted by Gasteiger charge is -2.20. The Morgan fingerprint density at radius 1 is 1.64 bits per heavy atom. The number of nitrogens with two attached hydrogens (primary N) is 1. The van der Waals surface area contributed by atoms with Crippen molar-refractivity contribution in [3.8, 4) is 0 Å². The number of hydrogen-bond donors (Lipinski definition) is 2. The van der Waals surface area contributed by atoms with Crippen molar-refractivity contribution in [2.75, 3.05) is 0 Å². The van der Waals surface area contributed by atoms with Crippen molar-refractivity contribution in [1.82, 2.24) is 0 Å². The second kappa shape index (κ2) is 2.75. The summed E-state index contributed by atoms with van der Waals surface area (Å²) in [6.45, 7) is 1.59. The van der Waals surface area contributed by atoms with E-state index >= 15 is 0 Å². The van der Waals surface area contributed by atoms with Crippen molar-refractivity contribution in [3.63, 3.8) is 0 Å². The van der Waals surface area contributed by atoms with Gasteiger partial charge < -0.3 is 15.6 Å². The summed E-state index contributed by atoms with van der Waals surface area (Å²) in [5, 5.41) is 11.1. The molecule has 2 heterocycles. The van der Waals surface area contributed by atoms with Gasteiger partial charge in [-0.3, -0.25) is 4.79 Å². The molecule has 1 aromatic rings. The Kier molecular flexibility index (Phi) is 1.78. The molecule has 1 aliphatic heterocycles. The molecule has 3 N–H and O–H groups in total. The molecule has 0 bridgehead atoms. The van der Waals surface area contributed by atoms with Crippen LogP contribution in [0.1, 0.15) is 11.8 Å². The standard InChI is InChI=1S/C9H9NO3S/c1-9(5-3-2-4-14-5)7(12)6(11)8(10)13-9/h2-4,11H,10H2,1H3. The Morgan fingerprint density at radius 3 is 2.79 bits per heavy atom. The van der Waals surface area contributed by atoms with Gasteiger partial charge in [0.15, 0.2) is 0 Å². The molecule has 0 aliphatic carbocycles. The molecular weight excluding hydrogens is 202 g/mol. The maximum Gasteiger partial charge on any atom is 0.251 e. The molecule has 0 radical (unpaired) electrons. The molecule has 0 saturated carbocycles. The van der Waals surface area contributed by atoms with Gasteiger partial charge in [-0.05, 0) is 18.4 Å². The molecule has 0 spiro atoms. The van der Waals surface area contributed by atoms with Crippen LogP contribution >= 0.6 is 11.3 Å². The van der Waals surface area contributed by atoms with E-state index in [1.54, 1.807) is 13.0 Å². The van der Waals surface area contributed by atoms with E-state index in [9.17, 15) is 9.90 Å². The van der Waals surface area contributed by atoms with Crippen LogP contribution in [0.2, 0.25) is 0 Å². The van der Waals surface area contributed by atoms with Crippen LogP contribution < -0.4 is 5.73 Å². The zero-order valence-corrected chi connectivity index (χ0v) is 8.30. The van der Waals surface area contributed by atoms with Crippen LogP contribution in [0.3, 0.4) is 0 Å². The number of carbonyl (C=O) groups excluding carboxylic acids is 1. The Bertz CT molecular complexity index is 410. The van der Waals surface area contributed by atoms with Gasteiger partial charge in [0.05, 0.1) is 4.88 Å². The number of Topliss-reactive ketones (excluding diaryl/α,β-unsaturated/α-hetero) is 1. The van der Waals surface area contributed by atoms with Gasteiger partial charge >= 0.3 is 0 Å². The van der Waals surface area contributed by atoms with Crippen molar-refractivity contribution in [1.29, 1.82) is 0 Å². The number of carbonyl (C=O) groups is 1. The average molecular weight is 211 g/mol. The SMILES string of the molecule is CC1(c2cccs2)OC(N)=C(O)C1=O. The first-order chi connectivity index (χ1) is 6.55. The Labute approximate surface area is 84.6 Å². The summed E-state index contributed by atoms with van der Waals surface area (Å²) in [4.78, 5) is 12.4. The number of aliphatic hydroxyl groups is 1. The number of ketones is 1. The molecule has 14 heavy (non-hydrogen) atoms. The predicted molar refractivity (Wildman–Crippen MR) is 51.6 cm³/mol. The van der Waals surface area contributed by atoms with E-state index in [0.29, 0.717) is 0 Å². The third-order valence-corrected chi connectivity index (χ3v) is 3.26. The molecule has 2 rings (SSSR count). The molecule has 0 amide bonds. The normalized spacial score (nSPS) is 26.8. The summed E-state index contributed by atoms with van der Waals surface area (Å²) in [6, 6.07) is 3.59. The first-order valence-corrected chi connectivity index (χ1v) is 4.90. The summed E-state index contributed by atoms with van der Waals surface area (Å²) in [7, 11) is 0. The number of rotatable bonds is 1. The fourth-order valence-electron chi connectivity index (χ4n) is 1.36. The van der Waals surface area contributed by atoms with Gasteiger partial charge in [-0.1, -0.05) is 6.07 Å². The van der Waals surface area contributed by atoms with Gasteiger partial charge in [0.1, 0.15) is 0 Å². The van der Waals surface area contributed by atoms with E-state index in [4.69, 9.17) is 10.5 Å². The number of aliphatic hydroxyl groups excluding tert-OH is 1. The zero-order chi connectivity index (χ0) is 10.3. The largest absolute Gasteiger partial charge is 0.501 e. The topological polar surface area (TPSA) is 72.6 Å². The van der Waals surface area contributed by atoms with Crippen LogP contribution in [0.5, 0.6) is 0 Å². The van der Waals surface area contributed by atoms with Gasteiger partial charge in [0.25, 0.3) is 5.78 Å². The van der Waals surface area contributed by atoms with E-state index in [1.807, 2.05) is 11.4 Å². The highest BCUT2D eigenvalue weighted by Gasteiger charge is 2.47. The lowest BCUT2D eigenvalue weighted by Crippen LogP contribution is -2.30. The van der Waals surface area contributed by atoms with E-state index in [-0.39, 0.29) is 5.88 Å². The smallest absolute Gasteiger partial charge is 0.251 e. The van der Waals surface area contributed by atoms with Crippen LogP contribution in [0.25, 0.3) is 0 Å². The summed E-state index contributed by atoms with van der Waals surface area (Å²) >= 11 is 1.39. The quantitative estimate of drug-likeness (QED) is 0.733. The van der Waals surface area contributed by atoms with Crippen LogP contribution in [-0.4, -0.2) is 10.9 Å². The van der Waals surface area contributed by atoms with E-state index in [2.05, 4.69) is 0 Å². The monoisotopic (exact) mass is 211 g/mol. The molecule has 1 unspecified atom stereocenters. The van der Waals surface area contributed by atoms with Crippen LogP contribution in [0, 0.1) is 0 Å². The molecular formula is C9H9NO3S. The van der Waals surface area contributed by atoms with Crippen LogP contribution in [0.15, 0.2) is 29.2 Å². The summed E-state index contributed by atoms with van der Waals surface area (Å²) in [5.41, 5.74) is 4.19. The minimum atomic E-state index is -1.15. The van der Waals surface area contributed by atoms with Crippen LogP contribution in [0.4, 0.5) is 0 Å². The Morgan fingerprint density at radius 2 is 2.36 bits per heavy atom. The first kappa shape index (κ1) is 9.08. The lowest BCUT2D eigenvalue weighted by atomic mass is 9.99. The molecule has 0 saturated heterocycles. The van der Waals surface area contributed by atoms with Gasteiger partial charge in [-0.15, -0.1) is 11.3 Å². The molecule has 0 aromatic carbocycles. The minimum Gasteiger partial charge on any atom is -0.501 e. The van der Waals surface area contributed by atoms with Gasteiger partial charge in [-0.25, -0.2) is 0 Å². The lowest BCUT2D eigenvalue weighted by molar-refractivity contribution is -0.131. The summed E-state index contributed by atoms with van der Waals surface area (Å²) in [6.07, 6.45) is 0. The van der Waals surface area contributed by atoms with E-state index in [0.717, 1.165) is 4.88 Å². The second-order valence-corrected chi connectivity index (χ2v) is 4.10. The van der Waals surface area contributed by atoms with Crippen LogP contribution in [-0.2, 0) is 15.1 Å². The molecule has 1 atom stereocenters. The fourth-order valence-corrected chi connectivity index (χ4v) is 2.18. The fraction of sp³-hybridized carbons (Fsp3) is 0.222. The van der Waals surface area contributed by atoms with Crippen molar-refractivity contribution in [2.45, 2.75) is 12.5 Å². The first-order valence-electron chi connectivity index (χ1n) is 4.02. The Balaban J connectivity index is 2.44.